The first-order valence-electron chi connectivity index (χ1n) is 8.46. The Morgan fingerprint density at radius 3 is 2.41 bits per heavy atom. The van der Waals surface area contributed by atoms with Gasteiger partial charge in [0, 0.05) is 18.1 Å². The van der Waals surface area contributed by atoms with Gasteiger partial charge in [0.1, 0.15) is 11.8 Å². The first-order valence-corrected chi connectivity index (χ1v) is 10.3. The zero-order valence-corrected chi connectivity index (χ0v) is 16.9. The number of nitrogens with zero attached hydrogens (tertiary/aromatic N) is 1. The van der Waals surface area contributed by atoms with Gasteiger partial charge in [-0.3, -0.25) is 4.79 Å². The van der Waals surface area contributed by atoms with E-state index < -0.39 is 16.1 Å². The number of hydrogen-bond donors (Lipinski definition) is 1. The molecule has 1 aliphatic heterocycles. The third kappa shape index (κ3) is 3.54. The standard InChI is InChI=1S/C19H21ClN2O4S/c1-12-10-14(26-3)11-13(2)18(12)27(24,25)22-9-8-21-19(23)17(22)15-6-4-5-7-16(15)20/h4-7,10-11,17H,8-9H2,1-3H3,(H,21,23). The molecule has 0 spiro atoms. The van der Waals surface area contributed by atoms with Crippen LogP contribution in [-0.2, 0) is 14.8 Å². The van der Waals surface area contributed by atoms with Crippen molar-refractivity contribution in [3.05, 3.63) is 58.1 Å². The van der Waals surface area contributed by atoms with E-state index in [2.05, 4.69) is 5.32 Å². The Bertz CT molecular complexity index is 968. The molecule has 0 radical (unpaired) electrons. The van der Waals surface area contributed by atoms with Crippen LogP contribution in [0.25, 0.3) is 0 Å². The highest BCUT2D eigenvalue weighted by Crippen LogP contribution is 2.36. The monoisotopic (exact) mass is 408 g/mol. The molecule has 1 aliphatic rings. The largest absolute Gasteiger partial charge is 0.497 e. The van der Waals surface area contributed by atoms with Gasteiger partial charge < -0.3 is 10.1 Å². The lowest BCUT2D eigenvalue weighted by molar-refractivity contribution is -0.126. The smallest absolute Gasteiger partial charge is 0.244 e. The summed E-state index contributed by atoms with van der Waals surface area (Å²) in [5.41, 5.74) is 1.59. The molecule has 2 aromatic carbocycles. The van der Waals surface area contributed by atoms with Crippen molar-refractivity contribution in [2.24, 2.45) is 0 Å². The number of carbonyl (C=O) groups excluding carboxylic acids is 1. The molecule has 1 fully saturated rings. The number of halogens is 1. The zero-order chi connectivity index (χ0) is 19.8. The van der Waals surface area contributed by atoms with E-state index in [1.165, 1.54) is 11.4 Å². The van der Waals surface area contributed by atoms with Gasteiger partial charge >= 0.3 is 0 Å². The molecule has 144 valence electrons. The third-order valence-electron chi connectivity index (χ3n) is 4.60. The minimum atomic E-state index is -3.94. The van der Waals surface area contributed by atoms with Crippen molar-refractivity contribution in [2.75, 3.05) is 20.2 Å². The number of methoxy groups -OCH3 is 1. The number of hydrogen-bond acceptors (Lipinski definition) is 4. The van der Waals surface area contributed by atoms with Crippen molar-refractivity contribution in [1.82, 2.24) is 9.62 Å². The van der Waals surface area contributed by atoms with Crippen molar-refractivity contribution < 1.29 is 17.9 Å². The lowest BCUT2D eigenvalue weighted by atomic mass is 10.0. The number of benzene rings is 2. The molecule has 1 unspecified atom stereocenters. The first-order chi connectivity index (χ1) is 12.8. The molecule has 1 heterocycles. The minimum Gasteiger partial charge on any atom is -0.497 e. The SMILES string of the molecule is COc1cc(C)c(S(=O)(=O)N2CCNC(=O)C2c2ccccc2Cl)c(C)c1. The van der Waals surface area contributed by atoms with Crippen LogP contribution in [0.1, 0.15) is 22.7 Å². The molecule has 2 aromatic rings. The average molecular weight is 409 g/mol. The summed E-state index contributed by atoms with van der Waals surface area (Å²) in [4.78, 5) is 12.8. The number of carbonyl (C=O) groups is 1. The number of nitrogens with one attached hydrogen (secondary N) is 1. The van der Waals surface area contributed by atoms with Gasteiger partial charge in [-0.2, -0.15) is 4.31 Å². The maximum absolute atomic E-state index is 13.5. The van der Waals surface area contributed by atoms with Crippen molar-refractivity contribution in [2.45, 2.75) is 24.8 Å². The fraction of sp³-hybridized carbons (Fsp3) is 0.316. The molecule has 1 amide bonds. The normalized spacial score (nSPS) is 18.2. The van der Waals surface area contributed by atoms with E-state index in [0.717, 1.165) is 0 Å². The second kappa shape index (κ2) is 7.50. The number of piperazine rings is 1. The van der Waals surface area contributed by atoms with E-state index in [1.807, 2.05) is 0 Å². The Labute approximate surface area is 164 Å². The highest BCUT2D eigenvalue weighted by atomic mass is 35.5. The summed E-state index contributed by atoms with van der Waals surface area (Å²) in [5, 5.41) is 3.09. The molecule has 27 heavy (non-hydrogen) atoms. The number of ether oxygens (including phenoxy) is 1. The summed E-state index contributed by atoms with van der Waals surface area (Å²) in [7, 11) is -2.40. The Morgan fingerprint density at radius 2 is 1.81 bits per heavy atom. The second-order valence-electron chi connectivity index (χ2n) is 6.42. The topological polar surface area (TPSA) is 75.7 Å². The predicted molar refractivity (Wildman–Crippen MR) is 104 cm³/mol. The van der Waals surface area contributed by atoms with Crippen molar-refractivity contribution in [3.63, 3.8) is 0 Å². The Morgan fingerprint density at radius 1 is 1.19 bits per heavy atom. The van der Waals surface area contributed by atoms with E-state index in [9.17, 15) is 13.2 Å². The van der Waals surface area contributed by atoms with E-state index in [4.69, 9.17) is 16.3 Å². The van der Waals surface area contributed by atoms with Crippen molar-refractivity contribution in [1.29, 1.82) is 0 Å². The summed E-state index contributed by atoms with van der Waals surface area (Å²) in [5.74, 6) is 0.199. The van der Waals surface area contributed by atoms with Gasteiger partial charge in [0.25, 0.3) is 0 Å². The van der Waals surface area contributed by atoms with Gasteiger partial charge in [-0.1, -0.05) is 29.8 Å². The summed E-state index contributed by atoms with van der Waals surface area (Å²) in [6.07, 6.45) is 0. The minimum absolute atomic E-state index is 0.162. The van der Waals surface area contributed by atoms with Crippen molar-refractivity contribution in [3.8, 4) is 5.75 Å². The molecule has 0 saturated carbocycles. The van der Waals surface area contributed by atoms with Gasteiger partial charge in [0.2, 0.25) is 15.9 Å². The lowest BCUT2D eigenvalue weighted by Crippen LogP contribution is -2.52. The molecule has 0 aromatic heterocycles. The van der Waals surface area contributed by atoms with E-state index in [0.29, 0.717) is 27.5 Å². The van der Waals surface area contributed by atoms with Crippen LogP contribution in [0.15, 0.2) is 41.3 Å². The van der Waals surface area contributed by atoms with Crippen LogP contribution in [0.5, 0.6) is 5.75 Å². The summed E-state index contributed by atoms with van der Waals surface area (Å²) < 4.78 is 33.5. The van der Waals surface area contributed by atoms with Gasteiger partial charge in [0.05, 0.1) is 12.0 Å². The Hall–Kier alpha value is -2.09. The number of aryl methyl sites for hydroxylation is 2. The van der Waals surface area contributed by atoms with Crippen molar-refractivity contribution >= 4 is 27.5 Å². The molecular formula is C19H21ClN2O4S. The molecule has 1 saturated heterocycles. The molecule has 8 heteroatoms. The van der Waals surface area contributed by atoms with E-state index in [-0.39, 0.29) is 23.9 Å². The maximum atomic E-state index is 13.5. The van der Waals surface area contributed by atoms with Crippen LogP contribution in [0.4, 0.5) is 0 Å². The van der Waals surface area contributed by atoms with E-state index in [1.54, 1.807) is 50.2 Å². The highest BCUT2D eigenvalue weighted by Gasteiger charge is 2.41. The van der Waals surface area contributed by atoms with Gasteiger partial charge in [0.15, 0.2) is 0 Å². The fourth-order valence-corrected chi connectivity index (χ4v) is 5.67. The maximum Gasteiger partial charge on any atom is 0.244 e. The Balaban J connectivity index is 2.15. The van der Waals surface area contributed by atoms with Crippen LogP contribution < -0.4 is 10.1 Å². The molecule has 6 nitrogen and oxygen atoms in total. The summed E-state index contributed by atoms with van der Waals surface area (Å²) in [6, 6.07) is 9.13. The first kappa shape index (κ1) is 19.7. The van der Waals surface area contributed by atoms with Gasteiger partial charge in [-0.15, -0.1) is 0 Å². The fourth-order valence-electron chi connectivity index (χ4n) is 3.45. The second-order valence-corrected chi connectivity index (χ2v) is 8.66. The highest BCUT2D eigenvalue weighted by molar-refractivity contribution is 7.89. The molecule has 3 rings (SSSR count). The molecule has 0 aliphatic carbocycles. The van der Waals surface area contributed by atoms with E-state index >= 15 is 0 Å². The summed E-state index contributed by atoms with van der Waals surface area (Å²) in [6.45, 7) is 3.84. The van der Waals surface area contributed by atoms with Crippen LogP contribution in [0.3, 0.4) is 0 Å². The molecular weight excluding hydrogens is 388 g/mol. The van der Waals surface area contributed by atoms with Crippen LogP contribution in [-0.4, -0.2) is 38.8 Å². The molecule has 1 atom stereocenters. The molecule has 0 bridgehead atoms. The third-order valence-corrected chi connectivity index (χ3v) is 7.12. The lowest BCUT2D eigenvalue weighted by Gasteiger charge is -2.35. The quantitative estimate of drug-likeness (QED) is 0.844. The summed E-state index contributed by atoms with van der Waals surface area (Å²) >= 11 is 6.27. The average Bonchev–Trinajstić information content (AvgIpc) is 2.61. The van der Waals surface area contributed by atoms with Gasteiger partial charge in [-0.05, 0) is 48.7 Å². The zero-order valence-electron chi connectivity index (χ0n) is 15.3. The van der Waals surface area contributed by atoms with Crippen LogP contribution in [0, 0.1) is 13.8 Å². The van der Waals surface area contributed by atoms with Crippen LogP contribution in [0.2, 0.25) is 5.02 Å². The van der Waals surface area contributed by atoms with Gasteiger partial charge in [-0.25, -0.2) is 8.42 Å². The van der Waals surface area contributed by atoms with Crippen LogP contribution >= 0.6 is 11.6 Å². The Kier molecular flexibility index (Phi) is 5.46. The number of sulfonamides is 1. The number of amides is 1. The molecule has 1 N–H and O–H groups in total. The predicted octanol–water partition coefficient (Wildman–Crippen LogP) is 2.83. The number of rotatable bonds is 4.